The van der Waals surface area contributed by atoms with Crippen LogP contribution < -0.4 is 5.43 Å². The minimum atomic E-state index is -1.20. The second-order valence-corrected chi connectivity index (χ2v) is 3.42. The minimum absolute atomic E-state index is 0.187. The summed E-state index contributed by atoms with van der Waals surface area (Å²) in [5, 5.41) is 22.0. The van der Waals surface area contributed by atoms with Gasteiger partial charge in [-0.25, -0.2) is 4.79 Å². The standard InChI is InChI=1S/C12H10N2O4/c15-11-4-3-8(6-10(11)12(16)17)14-13-7-9-2-1-5-18-9/h1-7,14-15H,(H,16,17). The highest BCUT2D eigenvalue weighted by atomic mass is 16.4. The largest absolute Gasteiger partial charge is 0.507 e. The van der Waals surface area contributed by atoms with Crippen LogP contribution in [0.3, 0.4) is 0 Å². The SMILES string of the molecule is O=C(O)c1cc(NN=Cc2ccco2)ccc1O. The number of nitrogens with zero attached hydrogens (tertiary/aromatic N) is 1. The molecule has 0 aliphatic carbocycles. The fourth-order valence-electron chi connectivity index (χ4n) is 1.31. The molecule has 0 aliphatic heterocycles. The van der Waals surface area contributed by atoms with Gasteiger partial charge in [0.15, 0.2) is 0 Å². The highest BCUT2D eigenvalue weighted by Crippen LogP contribution is 2.21. The van der Waals surface area contributed by atoms with E-state index < -0.39 is 5.97 Å². The molecule has 92 valence electrons. The molecule has 0 bridgehead atoms. The van der Waals surface area contributed by atoms with Crippen LogP contribution in [-0.4, -0.2) is 22.4 Å². The summed E-state index contributed by atoms with van der Waals surface area (Å²) in [6.07, 6.45) is 2.97. The number of hydrazone groups is 1. The molecule has 0 spiro atoms. The van der Waals surface area contributed by atoms with Crippen molar-refractivity contribution >= 4 is 17.9 Å². The molecule has 18 heavy (non-hydrogen) atoms. The number of furan rings is 1. The van der Waals surface area contributed by atoms with Crippen LogP contribution in [0.25, 0.3) is 0 Å². The Labute approximate surface area is 102 Å². The molecule has 0 atom stereocenters. The van der Waals surface area contributed by atoms with Gasteiger partial charge in [-0.15, -0.1) is 0 Å². The van der Waals surface area contributed by atoms with Gasteiger partial charge < -0.3 is 14.6 Å². The van der Waals surface area contributed by atoms with Gasteiger partial charge in [0.05, 0.1) is 18.2 Å². The van der Waals surface area contributed by atoms with Crippen molar-refractivity contribution in [2.24, 2.45) is 5.10 Å². The third kappa shape index (κ3) is 2.67. The first-order chi connectivity index (χ1) is 8.66. The van der Waals surface area contributed by atoms with E-state index in [1.54, 1.807) is 12.1 Å². The van der Waals surface area contributed by atoms with Crippen LogP contribution in [0, 0.1) is 0 Å². The van der Waals surface area contributed by atoms with Crippen molar-refractivity contribution in [3.63, 3.8) is 0 Å². The Hall–Kier alpha value is -2.76. The number of carbonyl (C=O) groups is 1. The van der Waals surface area contributed by atoms with Crippen molar-refractivity contribution in [2.75, 3.05) is 5.43 Å². The van der Waals surface area contributed by atoms with E-state index in [1.807, 2.05) is 0 Å². The Bertz CT molecular complexity index is 576. The quantitative estimate of drug-likeness (QED) is 0.436. The summed E-state index contributed by atoms with van der Waals surface area (Å²) in [6, 6.07) is 7.54. The van der Waals surface area contributed by atoms with E-state index in [2.05, 4.69) is 10.5 Å². The average Bonchev–Trinajstić information content (AvgIpc) is 2.84. The predicted octanol–water partition coefficient (Wildman–Crippen LogP) is 2.13. The van der Waals surface area contributed by atoms with Crippen molar-refractivity contribution in [1.82, 2.24) is 0 Å². The normalized spacial score (nSPS) is 10.7. The van der Waals surface area contributed by atoms with E-state index in [0.29, 0.717) is 11.4 Å². The molecule has 0 saturated heterocycles. The molecule has 0 fully saturated rings. The Kier molecular flexibility index (Phi) is 3.29. The van der Waals surface area contributed by atoms with Gasteiger partial charge in [0.25, 0.3) is 0 Å². The van der Waals surface area contributed by atoms with Gasteiger partial charge in [0.2, 0.25) is 0 Å². The zero-order valence-electron chi connectivity index (χ0n) is 9.20. The first-order valence-corrected chi connectivity index (χ1v) is 5.06. The lowest BCUT2D eigenvalue weighted by Crippen LogP contribution is -1.98. The van der Waals surface area contributed by atoms with Crippen LogP contribution in [0.2, 0.25) is 0 Å². The summed E-state index contributed by atoms with van der Waals surface area (Å²) in [6.45, 7) is 0. The number of hydrogen-bond acceptors (Lipinski definition) is 5. The van der Waals surface area contributed by atoms with E-state index in [0.717, 1.165) is 0 Å². The number of phenols is 1. The van der Waals surface area contributed by atoms with E-state index in [-0.39, 0.29) is 11.3 Å². The monoisotopic (exact) mass is 246 g/mol. The van der Waals surface area contributed by atoms with Gasteiger partial charge in [-0.3, -0.25) is 5.43 Å². The highest BCUT2D eigenvalue weighted by molar-refractivity contribution is 5.92. The molecule has 0 unspecified atom stereocenters. The van der Waals surface area contributed by atoms with E-state index in [4.69, 9.17) is 9.52 Å². The molecule has 3 N–H and O–H groups in total. The second kappa shape index (κ2) is 5.05. The van der Waals surface area contributed by atoms with Crippen LogP contribution >= 0.6 is 0 Å². The molecular formula is C12H10N2O4. The van der Waals surface area contributed by atoms with Crippen LogP contribution in [0.15, 0.2) is 46.1 Å². The molecule has 0 radical (unpaired) electrons. The Balaban J connectivity index is 2.10. The Morgan fingerprint density at radius 2 is 2.22 bits per heavy atom. The topological polar surface area (TPSA) is 95.1 Å². The zero-order valence-corrected chi connectivity index (χ0v) is 9.20. The van der Waals surface area contributed by atoms with Crippen LogP contribution in [-0.2, 0) is 0 Å². The number of anilines is 1. The fourth-order valence-corrected chi connectivity index (χ4v) is 1.31. The summed E-state index contributed by atoms with van der Waals surface area (Å²) in [5.41, 5.74) is 2.91. The molecular weight excluding hydrogens is 236 g/mol. The van der Waals surface area contributed by atoms with Crippen molar-refractivity contribution in [3.05, 3.63) is 47.9 Å². The molecule has 1 aromatic carbocycles. The lowest BCUT2D eigenvalue weighted by molar-refractivity contribution is 0.0694. The second-order valence-electron chi connectivity index (χ2n) is 3.42. The first-order valence-electron chi connectivity index (χ1n) is 5.06. The van der Waals surface area contributed by atoms with Gasteiger partial charge in [0.1, 0.15) is 17.1 Å². The maximum absolute atomic E-state index is 10.8. The predicted molar refractivity (Wildman–Crippen MR) is 65.0 cm³/mol. The number of aromatic carboxylic acids is 1. The van der Waals surface area contributed by atoms with E-state index in [9.17, 15) is 9.90 Å². The molecule has 0 aliphatic rings. The maximum Gasteiger partial charge on any atom is 0.339 e. The average molecular weight is 246 g/mol. The lowest BCUT2D eigenvalue weighted by Gasteiger charge is -2.03. The van der Waals surface area contributed by atoms with Crippen molar-refractivity contribution < 1.29 is 19.4 Å². The van der Waals surface area contributed by atoms with Crippen molar-refractivity contribution in [1.29, 1.82) is 0 Å². The Morgan fingerprint density at radius 3 is 2.89 bits per heavy atom. The highest BCUT2D eigenvalue weighted by Gasteiger charge is 2.09. The zero-order chi connectivity index (χ0) is 13.0. The van der Waals surface area contributed by atoms with E-state index in [1.165, 1.54) is 30.7 Å². The number of nitrogens with one attached hydrogen (secondary N) is 1. The summed E-state index contributed by atoms with van der Waals surface area (Å²) in [5.74, 6) is -0.922. The van der Waals surface area contributed by atoms with Gasteiger partial charge in [-0.05, 0) is 30.3 Å². The first kappa shape index (κ1) is 11.7. The van der Waals surface area contributed by atoms with Gasteiger partial charge in [0, 0.05) is 0 Å². The number of carboxylic acid groups (broad SMARTS) is 1. The molecule has 6 nitrogen and oxygen atoms in total. The number of rotatable bonds is 4. The summed E-state index contributed by atoms with van der Waals surface area (Å²) < 4.78 is 5.03. The molecule has 6 heteroatoms. The van der Waals surface area contributed by atoms with Crippen LogP contribution in [0.4, 0.5) is 5.69 Å². The van der Waals surface area contributed by atoms with E-state index >= 15 is 0 Å². The lowest BCUT2D eigenvalue weighted by atomic mass is 10.2. The maximum atomic E-state index is 10.8. The summed E-state index contributed by atoms with van der Waals surface area (Å²) in [7, 11) is 0. The molecule has 0 saturated carbocycles. The van der Waals surface area contributed by atoms with Gasteiger partial charge in [-0.2, -0.15) is 5.10 Å². The number of aromatic hydroxyl groups is 1. The van der Waals surface area contributed by atoms with Crippen molar-refractivity contribution in [2.45, 2.75) is 0 Å². The van der Waals surface area contributed by atoms with Gasteiger partial charge >= 0.3 is 5.97 Å². The summed E-state index contributed by atoms with van der Waals surface area (Å²) >= 11 is 0. The molecule has 1 aromatic heterocycles. The Morgan fingerprint density at radius 1 is 1.39 bits per heavy atom. The summed E-state index contributed by atoms with van der Waals surface area (Å²) in [4.78, 5) is 10.8. The number of hydrogen-bond donors (Lipinski definition) is 3. The number of carboxylic acids is 1. The molecule has 2 aromatic rings. The molecule has 1 heterocycles. The third-order valence-electron chi connectivity index (χ3n) is 2.16. The third-order valence-corrected chi connectivity index (χ3v) is 2.16. The smallest absolute Gasteiger partial charge is 0.339 e. The number of benzene rings is 1. The van der Waals surface area contributed by atoms with Crippen LogP contribution in [0.5, 0.6) is 5.75 Å². The van der Waals surface area contributed by atoms with Crippen LogP contribution in [0.1, 0.15) is 16.1 Å². The van der Waals surface area contributed by atoms with Crippen molar-refractivity contribution in [3.8, 4) is 5.75 Å². The van der Waals surface area contributed by atoms with Gasteiger partial charge in [-0.1, -0.05) is 0 Å². The minimum Gasteiger partial charge on any atom is -0.507 e. The fraction of sp³-hybridized carbons (Fsp3) is 0. The molecule has 2 rings (SSSR count). The molecule has 0 amide bonds.